The molecule has 1 aromatic heterocycles. The molecule has 1 N–H and O–H groups in total. The molecule has 0 radical (unpaired) electrons. The van der Waals surface area contributed by atoms with Crippen LogP contribution in [0.25, 0.3) is 11.4 Å². The molecule has 1 aromatic carbocycles. The van der Waals surface area contributed by atoms with Gasteiger partial charge in [-0.05, 0) is 36.8 Å². The fourth-order valence-corrected chi connectivity index (χ4v) is 1.69. The van der Waals surface area contributed by atoms with Crippen LogP contribution >= 0.6 is 28.1 Å². The highest BCUT2D eigenvalue weighted by Crippen LogP contribution is 2.23. The Morgan fingerprint density at radius 3 is 2.93 bits per heavy atom. The topological polar surface area (TPSA) is 41.8 Å². The standard InChI is InChI=1S/C9H7BrN2OS/c1-5-2-3-6(10)4-7(5)8-11-9(14)13-12-8/h2-4H,1H3,(H,11,12,14). The zero-order valence-electron chi connectivity index (χ0n) is 7.37. The molecule has 2 aromatic rings. The lowest BCUT2D eigenvalue weighted by Gasteiger charge is -2.01. The highest BCUT2D eigenvalue weighted by Gasteiger charge is 2.06. The molecule has 0 amide bonds. The molecule has 0 spiro atoms. The van der Waals surface area contributed by atoms with Crippen LogP contribution in [0.4, 0.5) is 0 Å². The Labute approximate surface area is 94.3 Å². The van der Waals surface area contributed by atoms with Crippen molar-refractivity contribution in [1.82, 2.24) is 10.1 Å². The number of benzene rings is 1. The van der Waals surface area contributed by atoms with E-state index in [1.807, 2.05) is 25.1 Å². The molecule has 0 aliphatic heterocycles. The summed E-state index contributed by atoms with van der Waals surface area (Å²) in [4.78, 5) is 4.28. The molecule has 1 heterocycles. The molecule has 0 atom stereocenters. The summed E-state index contributed by atoms with van der Waals surface area (Å²) >= 11 is 8.19. The van der Waals surface area contributed by atoms with E-state index in [1.165, 1.54) is 0 Å². The molecule has 0 saturated carbocycles. The molecule has 0 aliphatic rings. The zero-order valence-corrected chi connectivity index (χ0v) is 9.78. The maximum Gasteiger partial charge on any atom is 0.314 e. The third kappa shape index (κ3) is 1.78. The number of aromatic nitrogens is 2. The highest BCUT2D eigenvalue weighted by atomic mass is 79.9. The summed E-state index contributed by atoms with van der Waals surface area (Å²) in [5.74, 6) is 0.661. The molecule has 0 bridgehead atoms. The molecule has 5 heteroatoms. The summed E-state index contributed by atoms with van der Waals surface area (Å²) in [7, 11) is 0. The van der Waals surface area contributed by atoms with Crippen molar-refractivity contribution >= 4 is 28.1 Å². The Bertz CT molecular complexity index is 518. The molecule has 2 rings (SSSR count). The van der Waals surface area contributed by atoms with E-state index in [9.17, 15) is 0 Å². The SMILES string of the molecule is Cc1ccc(Br)cc1-c1nc(=S)o[nH]1. The van der Waals surface area contributed by atoms with Gasteiger partial charge in [-0.1, -0.05) is 22.0 Å². The van der Waals surface area contributed by atoms with E-state index in [0.717, 1.165) is 15.6 Å². The second-order valence-corrected chi connectivity index (χ2v) is 4.15. The van der Waals surface area contributed by atoms with E-state index in [0.29, 0.717) is 5.82 Å². The fraction of sp³-hybridized carbons (Fsp3) is 0.111. The number of H-pyrrole nitrogens is 1. The van der Waals surface area contributed by atoms with Crippen molar-refractivity contribution < 1.29 is 4.52 Å². The molecule has 0 saturated heterocycles. The number of aromatic amines is 1. The number of hydrogen-bond donors (Lipinski definition) is 1. The van der Waals surface area contributed by atoms with Crippen LogP contribution in [-0.4, -0.2) is 10.1 Å². The summed E-state index contributed by atoms with van der Waals surface area (Å²) < 4.78 is 5.88. The minimum absolute atomic E-state index is 0.222. The first-order valence-electron chi connectivity index (χ1n) is 3.99. The average molecular weight is 271 g/mol. The third-order valence-corrected chi connectivity index (χ3v) is 2.56. The predicted octanol–water partition coefficient (Wildman–Crippen LogP) is 3.47. The Kier molecular flexibility index (Phi) is 2.52. The summed E-state index contributed by atoms with van der Waals surface area (Å²) in [5, 5.41) is 2.68. The van der Waals surface area contributed by atoms with Crippen LogP contribution in [0.2, 0.25) is 0 Å². The highest BCUT2D eigenvalue weighted by molar-refractivity contribution is 9.10. The van der Waals surface area contributed by atoms with Gasteiger partial charge in [-0.25, -0.2) is 5.16 Å². The van der Waals surface area contributed by atoms with Gasteiger partial charge in [-0.3, -0.25) is 0 Å². The normalized spacial score (nSPS) is 10.4. The molecule has 72 valence electrons. The van der Waals surface area contributed by atoms with Gasteiger partial charge in [0, 0.05) is 10.0 Å². The Hall–Kier alpha value is -0.940. The molecule has 0 aliphatic carbocycles. The number of rotatable bonds is 1. The summed E-state index contributed by atoms with van der Waals surface area (Å²) in [6.07, 6.45) is 0. The van der Waals surface area contributed by atoms with Crippen molar-refractivity contribution in [3.8, 4) is 11.4 Å². The monoisotopic (exact) mass is 270 g/mol. The number of nitrogens with one attached hydrogen (secondary N) is 1. The molecule has 0 unspecified atom stereocenters. The molecule has 0 fully saturated rings. The largest absolute Gasteiger partial charge is 0.348 e. The molecular weight excluding hydrogens is 264 g/mol. The lowest BCUT2D eigenvalue weighted by atomic mass is 10.1. The van der Waals surface area contributed by atoms with Gasteiger partial charge in [0.25, 0.3) is 0 Å². The first kappa shape index (κ1) is 9.61. The van der Waals surface area contributed by atoms with Crippen molar-refractivity contribution in [2.24, 2.45) is 0 Å². The number of nitrogens with zero attached hydrogens (tertiary/aromatic N) is 1. The van der Waals surface area contributed by atoms with Gasteiger partial charge in [0.15, 0.2) is 5.82 Å². The maximum atomic E-state index is 4.88. The molecular formula is C9H7BrN2OS. The van der Waals surface area contributed by atoms with Gasteiger partial charge in [0.1, 0.15) is 0 Å². The van der Waals surface area contributed by atoms with Gasteiger partial charge in [-0.15, -0.1) is 0 Å². The van der Waals surface area contributed by atoms with Crippen LogP contribution in [0, 0.1) is 11.8 Å². The van der Waals surface area contributed by atoms with Gasteiger partial charge in [-0.2, -0.15) is 4.98 Å². The maximum absolute atomic E-state index is 4.88. The number of aryl methyl sites for hydroxylation is 1. The third-order valence-electron chi connectivity index (χ3n) is 1.89. The van der Waals surface area contributed by atoms with Gasteiger partial charge in [0.2, 0.25) is 0 Å². The van der Waals surface area contributed by atoms with Crippen molar-refractivity contribution in [3.05, 3.63) is 33.1 Å². The lowest BCUT2D eigenvalue weighted by Crippen LogP contribution is -1.85. The summed E-state index contributed by atoms with van der Waals surface area (Å²) in [6, 6.07) is 5.96. The van der Waals surface area contributed by atoms with E-state index in [1.54, 1.807) is 0 Å². The summed E-state index contributed by atoms with van der Waals surface area (Å²) in [6.45, 7) is 2.01. The second kappa shape index (κ2) is 3.67. The van der Waals surface area contributed by atoms with Crippen LogP contribution in [-0.2, 0) is 0 Å². The number of hydrogen-bond acceptors (Lipinski definition) is 3. The zero-order chi connectivity index (χ0) is 10.1. The van der Waals surface area contributed by atoms with Gasteiger partial charge < -0.3 is 4.52 Å². The van der Waals surface area contributed by atoms with Crippen LogP contribution in [0.1, 0.15) is 5.56 Å². The first-order chi connectivity index (χ1) is 6.66. The fourth-order valence-electron chi connectivity index (χ4n) is 1.19. The Balaban J connectivity index is 2.61. The van der Waals surface area contributed by atoms with Gasteiger partial charge in [0.05, 0.1) is 0 Å². The van der Waals surface area contributed by atoms with Crippen molar-refractivity contribution in [2.45, 2.75) is 6.92 Å². The van der Waals surface area contributed by atoms with Crippen molar-refractivity contribution in [3.63, 3.8) is 0 Å². The van der Waals surface area contributed by atoms with Crippen LogP contribution in [0.3, 0.4) is 0 Å². The first-order valence-corrected chi connectivity index (χ1v) is 5.19. The smallest absolute Gasteiger partial charge is 0.314 e. The quantitative estimate of drug-likeness (QED) is 0.807. The molecule has 14 heavy (non-hydrogen) atoms. The number of halogens is 1. The van der Waals surface area contributed by atoms with Crippen LogP contribution in [0.15, 0.2) is 27.2 Å². The average Bonchev–Trinajstić information content (AvgIpc) is 2.56. The van der Waals surface area contributed by atoms with Crippen LogP contribution in [0.5, 0.6) is 0 Å². The van der Waals surface area contributed by atoms with E-state index < -0.39 is 0 Å². The van der Waals surface area contributed by atoms with E-state index in [4.69, 9.17) is 16.7 Å². The molecule has 3 nitrogen and oxygen atoms in total. The van der Waals surface area contributed by atoms with Crippen molar-refractivity contribution in [2.75, 3.05) is 0 Å². The predicted molar refractivity (Wildman–Crippen MR) is 59.6 cm³/mol. The minimum Gasteiger partial charge on any atom is -0.348 e. The lowest BCUT2D eigenvalue weighted by molar-refractivity contribution is 0.406. The van der Waals surface area contributed by atoms with Crippen LogP contribution < -0.4 is 0 Å². The van der Waals surface area contributed by atoms with Gasteiger partial charge >= 0.3 is 4.84 Å². The van der Waals surface area contributed by atoms with Crippen molar-refractivity contribution in [1.29, 1.82) is 0 Å². The summed E-state index contributed by atoms with van der Waals surface area (Å²) in [5.41, 5.74) is 2.10. The Morgan fingerprint density at radius 2 is 2.29 bits per heavy atom. The minimum atomic E-state index is 0.222. The second-order valence-electron chi connectivity index (χ2n) is 2.89. The van der Waals surface area contributed by atoms with E-state index in [-0.39, 0.29) is 4.84 Å². The van der Waals surface area contributed by atoms with E-state index >= 15 is 0 Å². The Morgan fingerprint density at radius 1 is 1.50 bits per heavy atom. The van der Waals surface area contributed by atoms with E-state index in [2.05, 4.69) is 26.1 Å².